The van der Waals surface area contributed by atoms with Crippen molar-refractivity contribution in [2.75, 3.05) is 46.0 Å². The van der Waals surface area contributed by atoms with Gasteiger partial charge in [0.2, 0.25) is 0 Å². The number of carboxylic acid groups (broad SMARTS) is 1. The topological polar surface area (TPSA) is 79.3 Å². The van der Waals surface area contributed by atoms with Crippen molar-refractivity contribution in [2.45, 2.75) is 19.0 Å². The maximum absolute atomic E-state index is 13.3. The number of carbonyl (C=O) groups excluding carboxylic acids is 1. The Kier molecular flexibility index (Phi) is 9.65. The number of hydrogen-bond acceptors (Lipinski definition) is 7. The van der Waals surface area contributed by atoms with Crippen molar-refractivity contribution in [1.29, 1.82) is 0 Å². The molecule has 0 aromatic heterocycles. The Morgan fingerprint density at radius 2 is 1.87 bits per heavy atom. The van der Waals surface area contributed by atoms with Crippen LogP contribution in [0.5, 0.6) is 5.75 Å². The lowest BCUT2D eigenvalue weighted by Gasteiger charge is -2.26. The molecule has 0 saturated carbocycles. The number of morpholine rings is 1. The lowest BCUT2D eigenvalue weighted by molar-refractivity contribution is -0.138. The summed E-state index contributed by atoms with van der Waals surface area (Å²) in [7, 11) is 0. The smallest absolute Gasteiger partial charge is 0.416 e. The zero-order valence-electron chi connectivity index (χ0n) is 20.9. The Morgan fingerprint density at radius 1 is 1.13 bits per heavy atom. The van der Waals surface area contributed by atoms with E-state index >= 15 is 0 Å². The first kappa shape index (κ1) is 29.1. The minimum absolute atomic E-state index is 0.0870. The summed E-state index contributed by atoms with van der Waals surface area (Å²) in [5.74, 6) is -0.824. The van der Waals surface area contributed by atoms with Crippen LogP contribution in [0.1, 0.15) is 24.0 Å². The number of rotatable bonds is 10. The van der Waals surface area contributed by atoms with Crippen molar-refractivity contribution in [3.05, 3.63) is 58.5 Å². The molecular formula is C27H27F3N2O5S2. The Morgan fingerprint density at radius 3 is 2.59 bits per heavy atom. The maximum Gasteiger partial charge on any atom is 0.416 e. The molecule has 0 bridgehead atoms. The largest absolute Gasteiger partial charge is 0.492 e. The number of amides is 1. The van der Waals surface area contributed by atoms with Gasteiger partial charge >= 0.3 is 12.1 Å². The Balaban J connectivity index is 1.60. The predicted molar refractivity (Wildman–Crippen MR) is 146 cm³/mol. The highest BCUT2D eigenvalue weighted by Crippen LogP contribution is 2.37. The average Bonchev–Trinajstić information content (AvgIpc) is 3.17. The van der Waals surface area contributed by atoms with Gasteiger partial charge in [-0.25, -0.2) is 0 Å². The first-order chi connectivity index (χ1) is 18.6. The molecule has 0 unspecified atom stereocenters. The van der Waals surface area contributed by atoms with E-state index in [9.17, 15) is 22.8 Å². The molecule has 0 aliphatic carbocycles. The summed E-state index contributed by atoms with van der Waals surface area (Å²) in [5.41, 5.74) is 0.679. The van der Waals surface area contributed by atoms with Crippen LogP contribution in [0.4, 0.5) is 13.2 Å². The molecule has 39 heavy (non-hydrogen) atoms. The molecule has 208 valence electrons. The van der Waals surface area contributed by atoms with E-state index < -0.39 is 17.7 Å². The molecule has 1 amide bonds. The van der Waals surface area contributed by atoms with Crippen LogP contribution in [-0.4, -0.2) is 77.1 Å². The fraction of sp³-hybridized carbons (Fsp3) is 0.370. The molecule has 2 fully saturated rings. The second-order valence-corrected chi connectivity index (χ2v) is 10.6. The van der Waals surface area contributed by atoms with Crippen LogP contribution in [0.3, 0.4) is 0 Å². The minimum Gasteiger partial charge on any atom is -0.492 e. The minimum atomic E-state index is -4.48. The van der Waals surface area contributed by atoms with Crippen LogP contribution in [0.15, 0.2) is 47.4 Å². The van der Waals surface area contributed by atoms with Gasteiger partial charge in [0.05, 0.1) is 23.7 Å². The van der Waals surface area contributed by atoms with Gasteiger partial charge < -0.3 is 14.6 Å². The number of ether oxygens (including phenoxy) is 2. The standard InChI is InChI=1S/C27H27F3N2O5S2/c28-27(29,30)21-4-1-3-18(16-21)19-6-7-22(37-14-11-31-9-12-36-13-10-31)20(15-19)17-23-25(35)32(26(38)39-23)8-2-5-24(33)34/h1,3-4,6-7,15-17H,2,5,8-14H2,(H,33,34). The molecule has 2 aromatic rings. The molecule has 1 N–H and O–H groups in total. The molecule has 2 heterocycles. The molecule has 7 nitrogen and oxygen atoms in total. The van der Waals surface area contributed by atoms with Gasteiger partial charge in [0, 0.05) is 38.2 Å². The lowest BCUT2D eigenvalue weighted by atomic mass is 10.00. The number of thioether (sulfide) groups is 1. The molecule has 0 spiro atoms. The SMILES string of the molecule is O=C(O)CCCN1C(=O)C(=Cc2cc(-c3cccc(C(F)(F)F)c3)ccc2OCCN2CCOCC2)SC1=S. The second-order valence-electron chi connectivity index (χ2n) is 8.96. The summed E-state index contributed by atoms with van der Waals surface area (Å²) in [4.78, 5) is 27.8. The van der Waals surface area contributed by atoms with E-state index in [2.05, 4.69) is 4.90 Å². The zero-order chi connectivity index (χ0) is 28.0. The van der Waals surface area contributed by atoms with Gasteiger partial charge in [0.1, 0.15) is 16.7 Å². The maximum atomic E-state index is 13.3. The molecule has 0 radical (unpaired) electrons. The third kappa shape index (κ3) is 7.81. The number of hydrogen-bond donors (Lipinski definition) is 1. The predicted octanol–water partition coefficient (Wildman–Crippen LogP) is 5.15. The molecule has 4 rings (SSSR count). The highest BCUT2D eigenvalue weighted by Gasteiger charge is 2.32. The van der Waals surface area contributed by atoms with Crippen LogP contribution < -0.4 is 4.74 Å². The van der Waals surface area contributed by atoms with Gasteiger partial charge in [-0.3, -0.25) is 19.4 Å². The van der Waals surface area contributed by atoms with Crippen molar-refractivity contribution >= 4 is 46.3 Å². The van der Waals surface area contributed by atoms with E-state index in [0.717, 1.165) is 37.0 Å². The van der Waals surface area contributed by atoms with E-state index in [1.807, 2.05) is 0 Å². The van der Waals surface area contributed by atoms with Gasteiger partial charge in [-0.05, 0) is 47.9 Å². The van der Waals surface area contributed by atoms with Gasteiger partial charge in [-0.15, -0.1) is 0 Å². The molecule has 0 atom stereocenters. The van der Waals surface area contributed by atoms with Gasteiger partial charge in [0.15, 0.2) is 0 Å². The number of alkyl halides is 3. The van der Waals surface area contributed by atoms with Crippen LogP contribution in [0.25, 0.3) is 17.2 Å². The third-order valence-electron chi connectivity index (χ3n) is 6.23. The zero-order valence-corrected chi connectivity index (χ0v) is 22.5. The van der Waals surface area contributed by atoms with E-state index in [-0.39, 0.29) is 25.3 Å². The fourth-order valence-electron chi connectivity index (χ4n) is 4.18. The Hall–Kier alpha value is -2.93. The molecular weight excluding hydrogens is 553 g/mol. The summed E-state index contributed by atoms with van der Waals surface area (Å²) >= 11 is 6.44. The van der Waals surface area contributed by atoms with Gasteiger partial charge in [0.25, 0.3) is 5.91 Å². The normalized spacial score (nSPS) is 17.7. The Bertz CT molecular complexity index is 1260. The molecule has 2 aliphatic heterocycles. The van der Waals surface area contributed by atoms with Gasteiger partial charge in [-0.2, -0.15) is 13.2 Å². The van der Waals surface area contributed by atoms with E-state index in [0.29, 0.717) is 58.0 Å². The highest BCUT2D eigenvalue weighted by atomic mass is 32.2. The number of carboxylic acids is 1. The van der Waals surface area contributed by atoms with Crippen LogP contribution >= 0.6 is 24.0 Å². The average molecular weight is 581 g/mol. The van der Waals surface area contributed by atoms with Crippen molar-refractivity contribution < 1.29 is 37.3 Å². The monoisotopic (exact) mass is 580 g/mol. The van der Waals surface area contributed by atoms with Crippen LogP contribution in [-0.2, 0) is 20.5 Å². The van der Waals surface area contributed by atoms with Crippen molar-refractivity contribution in [3.8, 4) is 16.9 Å². The molecule has 2 aliphatic rings. The van der Waals surface area contributed by atoms with E-state index in [4.69, 9.17) is 26.8 Å². The second kappa shape index (κ2) is 12.9. The summed E-state index contributed by atoms with van der Waals surface area (Å²) < 4.78 is 51.7. The number of benzene rings is 2. The Labute approximate surface area is 233 Å². The van der Waals surface area contributed by atoms with Gasteiger partial charge in [-0.1, -0.05) is 42.2 Å². The number of nitrogens with zero attached hydrogens (tertiary/aromatic N) is 2. The summed E-state index contributed by atoms with van der Waals surface area (Å²) in [5, 5.41) is 8.89. The van der Waals surface area contributed by atoms with E-state index in [1.165, 1.54) is 11.0 Å². The van der Waals surface area contributed by atoms with Crippen molar-refractivity contribution in [2.24, 2.45) is 0 Å². The third-order valence-corrected chi connectivity index (χ3v) is 7.61. The highest BCUT2D eigenvalue weighted by molar-refractivity contribution is 8.26. The molecule has 12 heteroatoms. The summed E-state index contributed by atoms with van der Waals surface area (Å²) in [6.45, 7) is 4.14. The fourth-order valence-corrected chi connectivity index (χ4v) is 5.48. The molecule has 2 saturated heterocycles. The lowest BCUT2D eigenvalue weighted by Crippen LogP contribution is -2.38. The van der Waals surface area contributed by atoms with Crippen LogP contribution in [0.2, 0.25) is 0 Å². The first-order valence-corrected chi connectivity index (χ1v) is 13.6. The number of carbonyl (C=O) groups is 2. The quantitative estimate of drug-likeness (QED) is 0.306. The first-order valence-electron chi connectivity index (χ1n) is 12.3. The number of halogens is 3. The van der Waals surface area contributed by atoms with Crippen LogP contribution in [0, 0.1) is 0 Å². The molecule has 2 aromatic carbocycles. The number of thiocarbonyl (C=S) groups is 1. The number of aliphatic carboxylic acids is 1. The summed E-state index contributed by atoms with van der Waals surface area (Å²) in [6.07, 6.45) is -2.68. The van der Waals surface area contributed by atoms with Crippen molar-refractivity contribution in [3.63, 3.8) is 0 Å². The van der Waals surface area contributed by atoms with E-state index in [1.54, 1.807) is 30.3 Å². The van der Waals surface area contributed by atoms with Crippen molar-refractivity contribution in [1.82, 2.24) is 9.80 Å². The summed E-state index contributed by atoms with van der Waals surface area (Å²) in [6, 6.07) is 10.1.